The smallest absolute Gasteiger partial charge is 0.114 e. The molecule has 5 atom stereocenters. The lowest BCUT2D eigenvalue weighted by Crippen LogP contribution is -2.55. The molecule has 1 saturated heterocycles. The van der Waals surface area contributed by atoms with Crippen LogP contribution in [0.25, 0.3) is 0 Å². The van der Waals surface area contributed by atoms with Crippen molar-refractivity contribution in [2.75, 3.05) is 13.2 Å². The number of benzene rings is 2. The first-order chi connectivity index (χ1) is 15.8. The first kappa shape index (κ1) is 25.6. The number of aliphatic hydroxyl groups is 4. The molecule has 1 fully saturated rings. The maximum atomic E-state index is 10.4. The van der Waals surface area contributed by atoms with Crippen LogP contribution >= 0.6 is 11.6 Å². The number of rotatable bonds is 8. The van der Waals surface area contributed by atoms with Crippen molar-refractivity contribution in [3.8, 4) is 0 Å². The Morgan fingerprint density at radius 1 is 1.06 bits per heavy atom. The molecule has 0 aromatic heterocycles. The van der Waals surface area contributed by atoms with Crippen molar-refractivity contribution in [2.45, 2.75) is 57.7 Å². The fourth-order valence-corrected chi connectivity index (χ4v) is 4.11. The van der Waals surface area contributed by atoms with Crippen molar-refractivity contribution in [1.82, 2.24) is 0 Å². The molecule has 0 bridgehead atoms. The van der Waals surface area contributed by atoms with Crippen LogP contribution in [0.15, 0.2) is 47.6 Å². The Labute approximate surface area is 199 Å². The lowest BCUT2D eigenvalue weighted by molar-refractivity contribution is -0.231. The Bertz CT molecular complexity index is 946. The molecule has 0 aliphatic carbocycles. The van der Waals surface area contributed by atoms with E-state index >= 15 is 0 Å². The Balaban J connectivity index is 1.82. The Morgan fingerprint density at radius 3 is 2.36 bits per heavy atom. The molecule has 0 unspecified atom stereocenters. The molecule has 180 valence electrons. The molecule has 2 aromatic rings. The highest BCUT2D eigenvalue weighted by molar-refractivity contribution is 6.31. The van der Waals surface area contributed by atoms with Crippen molar-refractivity contribution in [1.29, 1.82) is 0 Å². The Kier molecular flexibility index (Phi) is 8.87. The second-order valence-corrected chi connectivity index (χ2v) is 8.93. The van der Waals surface area contributed by atoms with Crippen molar-refractivity contribution < 1.29 is 30.0 Å². The highest BCUT2D eigenvalue weighted by Crippen LogP contribution is 2.34. The van der Waals surface area contributed by atoms with E-state index < -0.39 is 37.1 Å². The molecule has 1 aliphatic heterocycles. The monoisotopic (exact) mass is 477 g/mol. The van der Waals surface area contributed by atoms with Gasteiger partial charge in [-0.05, 0) is 47.6 Å². The van der Waals surface area contributed by atoms with Gasteiger partial charge in [0.2, 0.25) is 0 Å². The van der Waals surface area contributed by atoms with Gasteiger partial charge >= 0.3 is 0 Å². The van der Waals surface area contributed by atoms with Gasteiger partial charge in [-0.25, -0.2) is 0 Å². The minimum absolute atomic E-state index is 0.215. The minimum atomic E-state index is -1.43. The third-order valence-corrected chi connectivity index (χ3v) is 6.14. The number of aliphatic hydroxyl groups excluding tert-OH is 4. The highest BCUT2D eigenvalue weighted by atomic mass is 35.5. The van der Waals surface area contributed by atoms with E-state index in [0.29, 0.717) is 23.6 Å². The molecular formula is C25H32ClNO6. The molecule has 1 aliphatic rings. The quantitative estimate of drug-likeness (QED) is 0.343. The standard InChI is InChI=1S/C25H32ClNO6/c1-4-32-27-21(14(2)3)16-7-5-15(6-8-16)11-18-12-17(9-10-19(18)26)25-24(31)23(30)22(29)20(13-28)33-25/h5-10,12,14,20,22-25,28-31H,4,11,13H2,1-3H3/b27-21+/t20-,22-,23+,24-,25+/m1/s1. The average Bonchev–Trinajstić information content (AvgIpc) is 2.80. The lowest BCUT2D eigenvalue weighted by Gasteiger charge is -2.40. The predicted octanol–water partition coefficient (Wildman–Crippen LogP) is 2.84. The fourth-order valence-electron chi connectivity index (χ4n) is 3.92. The lowest BCUT2D eigenvalue weighted by atomic mass is 9.90. The van der Waals surface area contributed by atoms with Crippen molar-refractivity contribution in [3.63, 3.8) is 0 Å². The van der Waals surface area contributed by atoms with Gasteiger partial charge in [0, 0.05) is 5.02 Å². The van der Waals surface area contributed by atoms with Gasteiger partial charge in [-0.15, -0.1) is 0 Å². The van der Waals surface area contributed by atoms with E-state index in [-0.39, 0.29) is 5.92 Å². The minimum Gasteiger partial charge on any atom is -0.396 e. The van der Waals surface area contributed by atoms with Crippen LogP contribution in [0.3, 0.4) is 0 Å². The van der Waals surface area contributed by atoms with Gasteiger partial charge in [-0.3, -0.25) is 0 Å². The second kappa shape index (κ2) is 11.4. The summed E-state index contributed by atoms with van der Waals surface area (Å²) in [5.74, 6) is 0.215. The van der Waals surface area contributed by atoms with Gasteiger partial charge in [0.1, 0.15) is 37.1 Å². The average molecular weight is 478 g/mol. The molecule has 2 aromatic carbocycles. The molecule has 33 heavy (non-hydrogen) atoms. The summed E-state index contributed by atoms with van der Waals surface area (Å²) < 4.78 is 5.68. The molecule has 0 saturated carbocycles. The van der Waals surface area contributed by atoms with E-state index in [0.717, 1.165) is 22.4 Å². The zero-order valence-corrected chi connectivity index (χ0v) is 19.8. The maximum absolute atomic E-state index is 10.4. The van der Waals surface area contributed by atoms with Crippen molar-refractivity contribution in [2.24, 2.45) is 11.1 Å². The largest absolute Gasteiger partial charge is 0.396 e. The zero-order chi connectivity index (χ0) is 24.1. The van der Waals surface area contributed by atoms with E-state index in [4.69, 9.17) is 21.2 Å². The third kappa shape index (κ3) is 5.93. The van der Waals surface area contributed by atoms with Crippen LogP contribution in [0, 0.1) is 5.92 Å². The van der Waals surface area contributed by atoms with Crippen LogP contribution < -0.4 is 0 Å². The summed E-state index contributed by atoms with van der Waals surface area (Å²) in [6, 6.07) is 13.3. The summed E-state index contributed by atoms with van der Waals surface area (Å²) in [6.45, 7) is 6.06. The number of oxime groups is 1. The number of nitrogens with zero attached hydrogens (tertiary/aromatic N) is 1. The Hall–Kier alpha value is -2.00. The maximum Gasteiger partial charge on any atom is 0.114 e. The summed E-state index contributed by atoms with van der Waals surface area (Å²) >= 11 is 6.44. The number of ether oxygens (including phenoxy) is 1. The second-order valence-electron chi connectivity index (χ2n) is 8.52. The fraction of sp³-hybridized carbons (Fsp3) is 0.480. The summed E-state index contributed by atoms with van der Waals surface area (Å²) in [6.07, 6.45) is -5.48. The predicted molar refractivity (Wildman–Crippen MR) is 126 cm³/mol. The van der Waals surface area contributed by atoms with Crippen LogP contribution in [-0.4, -0.2) is 63.8 Å². The first-order valence-corrected chi connectivity index (χ1v) is 11.5. The topological polar surface area (TPSA) is 112 Å². The van der Waals surface area contributed by atoms with Gasteiger partial charge in [0.05, 0.1) is 12.3 Å². The van der Waals surface area contributed by atoms with Crippen LogP contribution in [0.1, 0.15) is 49.1 Å². The summed E-state index contributed by atoms with van der Waals surface area (Å²) in [4.78, 5) is 5.25. The SMILES string of the molecule is CCO/N=C(/c1ccc(Cc2cc([C@@H]3O[C@H](CO)[C@@H](O)[C@H](O)[C@H]3O)ccc2Cl)cc1)C(C)C. The van der Waals surface area contributed by atoms with Gasteiger partial charge in [-0.2, -0.15) is 0 Å². The van der Waals surface area contributed by atoms with E-state index in [1.54, 1.807) is 12.1 Å². The van der Waals surface area contributed by atoms with Crippen LogP contribution in [0.4, 0.5) is 0 Å². The normalized spacial score (nSPS) is 26.0. The molecule has 7 nitrogen and oxygen atoms in total. The molecule has 4 N–H and O–H groups in total. The van der Waals surface area contributed by atoms with Gasteiger partial charge in [0.25, 0.3) is 0 Å². The number of hydrogen-bond acceptors (Lipinski definition) is 7. The zero-order valence-electron chi connectivity index (χ0n) is 19.1. The molecule has 0 spiro atoms. The number of halogens is 1. The summed E-state index contributed by atoms with van der Waals surface area (Å²) in [5, 5.41) is 44.8. The van der Waals surface area contributed by atoms with Gasteiger partial charge in [0.15, 0.2) is 0 Å². The molecular weight excluding hydrogens is 446 g/mol. The molecule has 8 heteroatoms. The van der Waals surface area contributed by atoms with Gasteiger partial charge < -0.3 is 30.0 Å². The van der Waals surface area contributed by atoms with Crippen molar-refractivity contribution in [3.05, 3.63) is 69.7 Å². The number of hydrogen-bond donors (Lipinski definition) is 4. The van der Waals surface area contributed by atoms with Crippen LogP contribution in [0.2, 0.25) is 5.02 Å². The third-order valence-electron chi connectivity index (χ3n) is 5.77. The van der Waals surface area contributed by atoms with E-state index in [1.165, 1.54) is 0 Å². The molecule has 3 rings (SSSR count). The first-order valence-electron chi connectivity index (χ1n) is 11.1. The van der Waals surface area contributed by atoms with E-state index in [2.05, 4.69) is 19.0 Å². The van der Waals surface area contributed by atoms with Crippen LogP contribution in [-0.2, 0) is 16.0 Å². The Morgan fingerprint density at radius 2 is 1.76 bits per heavy atom. The van der Waals surface area contributed by atoms with Crippen molar-refractivity contribution >= 4 is 17.3 Å². The van der Waals surface area contributed by atoms with E-state index in [9.17, 15) is 20.4 Å². The van der Waals surface area contributed by atoms with Crippen LogP contribution in [0.5, 0.6) is 0 Å². The molecule has 0 amide bonds. The van der Waals surface area contributed by atoms with Gasteiger partial charge in [-0.1, -0.05) is 67.0 Å². The highest BCUT2D eigenvalue weighted by Gasteiger charge is 2.44. The summed E-state index contributed by atoms with van der Waals surface area (Å²) in [5.41, 5.74) is 4.33. The van der Waals surface area contributed by atoms with E-state index in [1.807, 2.05) is 37.3 Å². The molecule has 1 heterocycles. The molecule has 0 radical (unpaired) electrons. The summed E-state index contributed by atoms with van der Waals surface area (Å²) in [7, 11) is 0.